The highest BCUT2D eigenvalue weighted by atomic mass is 79.9. The minimum absolute atomic E-state index is 0.250. The van der Waals surface area contributed by atoms with E-state index in [1.807, 2.05) is 13.0 Å². The lowest BCUT2D eigenvalue weighted by Crippen LogP contribution is -2.29. The molecule has 7 heteroatoms. The maximum absolute atomic E-state index is 12.5. The fourth-order valence-corrected chi connectivity index (χ4v) is 5.76. The summed E-state index contributed by atoms with van der Waals surface area (Å²) in [5.41, 5.74) is 1.00. The summed E-state index contributed by atoms with van der Waals surface area (Å²) in [6, 6.07) is 3.48. The van der Waals surface area contributed by atoms with Gasteiger partial charge in [0, 0.05) is 26.9 Å². The zero-order chi connectivity index (χ0) is 13.5. The van der Waals surface area contributed by atoms with Crippen molar-refractivity contribution in [3.63, 3.8) is 0 Å². The maximum Gasteiger partial charge on any atom is 0.244 e. The summed E-state index contributed by atoms with van der Waals surface area (Å²) in [6.07, 6.45) is 0.851. The first-order valence-corrected chi connectivity index (χ1v) is 9.36. The van der Waals surface area contributed by atoms with Crippen LogP contribution in [0.4, 0.5) is 0 Å². The molecule has 0 amide bonds. The predicted octanol–water partition coefficient (Wildman–Crippen LogP) is 3.68. The van der Waals surface area contributed by atoms with Gasteiger partial charge in [-0.1, -0.05) is 31.9 Å². The van der Waals surface area contributed by atoms with Crippen LogP contribution in [0.3, 0.4) is 0 Å². The fourth-order valence-electron chi connectivity index (χ4n) is 1.87. The highest BCUT2D eigenvalue weighted by Crippen LogP contribution is 2.32. The number of hydrogen-bond acceptors (Lipinski definition) is 2. The van der Waals surface area contributed by atoms with Crippen LogP contribution in [0.2, 0.25) is 0 Å². The van der Waals surface area contributed by atoms with Gasteiger partial charge in [-0.2, -0.15) is 4.31 Å². The van der Waals surface area contributed by atoms with Crippen molar-refractivity contribution in [3.8, 4) is 0 Å². The van der Waals surface area contributed by atoms with E-state index in [2.05, 4.69) is 47.8 Å². The fraction of sp³-hybridized carbons (Fsp3) is 0.455. The number of benzene rings is 1. The molecule has 1 saturated heterocycles. The van der Waals surface area contributed by atoms with Gasteiger partial charge >= 0.3 is 0 Å². The normalized spacial score (nSPS) is 21.4. The molecule has 18 heavy (non-hydrogen) atoms. The van der Waals surface area contributed by atoms with E-state index in [1.54, 1.807) is 6.07 Å². The average molecular weight is 462 g/mol. The lowest BCUT2D eigenvalue weighted by atomic mass is 10.2. The van der Waals surface area contributed by atoms with Crippen LogP contribution in [-0.2, 0) is 10.0 Å². The quantitative estimate of drug-likeness (QED) is 0.630. The first-order valence-electron chi connectivity index (χ1n) is 5.42. The average Bonchev–Trinajstić information content (AvgIpc) is 2.70. The molecule has 1 heterocycles. The van der Waals surface area contributed by atoms with Crippen LogP contribution in [0.1, 0.15) is 12.0 Å². The van der Waals surface area contributed by atoms with Crippen molar-refractivity contribution in [1.29, 1.82) is 0 Å². The Balaban J connectivity index is 2.45. The van der Waals surface area contributed by atoms with E-state index < -0.39 is 10.0 Å². The van der Waals surface area contributed by atoms with Crippen molar-refractivity contribution < 1.29 is 8.42 Å². The third kappa shape index (κ3) is 2.85. The van der Waals surface area contributed by atoms with Gasteiger partial charge in [0.15, 0.2) is 0 Å². The molecule has 100 valence electrons. The molecule has 1 aromatic rings. The van der Waals surface area contributed by atoms with Gasteiger partial charge < -0.3 is 0 Å². The summed E-state index contributed by atoms with van der Waals surface area (Å²) in [4.78, 5) is 0.571. The molecule has 1 fully saturated rings. The molecule has 0 bridgehead atoms. The van der Waals surface area contributed by atoms with Gasteiger partial charge in [-0.15, -0.1) is 0 Å². The molecule has 1 aliphatic heterocycles. The van der Waals surface area contributed by atoms with Gasteiger partial charge in [-0.05, 0) is 47.0 Å². The van der Waals surface area contributed by atoms with Crippen LogP contribution < -0.4 is 0 Å². The number of hydrogen-bond donors (Lipinski definition) is 0. The molecule has 0 aliphatic carbocycles. The van der Waals surface area contributed by atoms with Gasteiger partial charge in [-0.25, -0.2) is 8.42 Å². The Labute approximate surface area is 132 Å². The molecule has 1 aromatic carbocycles. The number of halogens is 3. The molecule has 1 unspecified atom stereocenters. The van der Waals surface area contributed by atoms with Gasteiger partial charge in [-0.3, -0.25) is 0 Å². The Morgan fingerprint density at radius 3 is 2.50 bits per heavy atom. The Bertz CT molecular complexity index is 574. The number of nitrogens with zero attached hydrogens (tertiary/aromatic N) is 1. The van der Waals surface area contributed by atoms with Crippen LogP contribution in [0, 0.1) is 6.92 Å². The van der Waals surface area contributed by atoms with Crippen molar-refractivity contribution in [2.45, 2.75) is 23.1 Å². The standard InChI is InChI=1S/C11H12Br3NO2S/c1-7-4-10(14)11(5-9(7)13)18(16,17)15-3-2-8(12)6-15/h4-5,8H,2-3,6H2,1H3. The molecule has 3 nitrogen and oxygen atoms in total. The molecule has 0 N–H and O–H groups in total. The number of aryl methyl sites for hydroxylation is 1. The van der Waals surface area contributed by atoms with E-state index in [1.165, 1.54) is 4.31 Å². The highest BCUT2D eigenvalue weighted by molar-refractivity contribution is 9.11. The third-order valence-electron chi connectivity index (χ3n) is 2.92. The second kappa shape index (κ2) is 5.52. The van der Waals surface area contributed by atoms with Crippen LogP contribution in [0.25, 0.3) is 0 Å². The number of rotatable bonds is 2. The molecular formula is C11H12Br3NO2S. The minimum atomic E-state index is -3.42. The van der Waals surface area contributed by atoms with Crippen molar-refractivity contribution in [3.05, 3.63) is 26.6 Å². The third-order valence-corrected chi connectivity index (χ3v) is 7.35. The van der Waals surface area contributed by atoms with Crippen LogP contribution in [-0.4, -0.2) is 30.6 Å². The van der Waals surface area contributed by atoms with E-state index in [9.17, 15) is 8.42 Å². The summed E-state index contributed by atoms with van der Waals surface area (Å²) in [5.74, 6) is 0. The van der Waals surface area contributed by atoms with Crippen molar-refractivity contribution in [1.82, 2.24) is 4.31 Å². The monoisotopic (exact) mass is 459 g/mol. The highest BCUT2D eigenvalue weighted by Gasteiger charge is 2.32. The zero-order valence-corrected chi connectivity index (χ0v) is 15.2. The Kier molecular flexibility index (Phi) is 4.59. The maximum atomic E-state index is 12.5. The lowest BCUT2D eigenvalue weighted by molar-refractivity contribution is 0.478. The Morgan fingerprint density at radius 1 is 1.28 bits per heavy atom. The number of sulfonamides is 1. The molecular weight excluding hydrogens is 450 g/mol. The molecule has 0 saturated carbocycles. The molecule has 1 aliphatic rings. The first kappa shape index (κ1) is 15.0. The molecule has 0 spiro atoms. The van der Waals surface area contributed by atoms with Crippen molar-refractivity contribution >= 4 is 57.8 Å². The summed E-state index contributed by atoms with van der Waals surface area (Å²) in [7, 11) is -3.42. The second-order valence-corrected chi connectivity index (χ2v) is 9.19. The largest absolute Gasteiger partial charge is 0.244 e. The summed E-state index contributed by atoms with van der Waals surface area (Å²) in [6.45, 7) is 3.02. The molecule has 0 aromatic heterocycles. The Hall–Kier alpha value is 0.570. The van der Waals surface area contributed by atoms with Crippen LogP contribution >= 0.6 is 47.8 Å². The second-order valence-electron chi connectivity index (χ2n) is 4.28. The first-order chi connectivity index (χ1) is 8.32. The van der Waals surface area contributed by atoms with Crippen LogP contribution in [0.5, 0.6) is 0 Å². The van der Waals surface area contributed by atoms with E-state index in [0.717, 1.165) is 16.5 Å². The van der Waals surface area contributed by atoms with Crippen LogP contribution in [0.15, 0.2) is 26.0 Å². The molecule has 0 radical (unpaired) electrons. The van der Waals surface area contributed by atoms with E-state index >= 15 is 0 Å². The minimum Gasteiger partial charge on any atom is -0.207 e. The zero-order valence-electron chi connectivity index (χ0n) is 9.66. The molecule has 2 rings (SSSR count). The van der Waals surface area contributed by atoms with E-state index in [4.69, 9.17) is 0 Å². The number of alkyl halides is 1. The summed E-state index contributed by atoms with van der Waals surface area (Å²) < 4.78 is 28.0. The summed E-state index contributed by atoms with van der Waals surface area (Å²) in [5, 5.41) is 0. The predicted molar refractivity (Wildman–Crippen MR) is 82.7 cm³/mol. The van der Waals surface area contributed by atoms with E-state index in [0.29, 0.717) is 22.5 Å². The summed E-state index contributed by atoms with van der Waals surface area (Å²) >= 11 is 10.2. The van der Waals surface area contributed by atoms with Crippen molar-refractivity contribution in [2.75, 3.05) is 13.1 Å². The van der Waals surface area contributed by atoms with Crippen molar-refractivity contribution in [2.24, 2.45) is 0 Å². The molecule has 1 atom stereocenters. The SMILES string of the molecule is Cc1cc(Br)c(S(=O)(=O)N2CCC(Br)C2)cc1Br. The Morgan fingerprint density at radius 2 is 1.94 bits per heavy atom. The van der Waals surface area contributed by atoms with Gasteiger partial charge in [0.1, 0.15) is 0 Å². The van der Waals surface area contributed by atoms with E-state index in [-0.39, 0.29) is 4.83 Å². The van der Waals surface area contributed by atoms with Gasteiger partial charge in [0.2, 0.25) is 10.0 Å². The smallest absolute Gasteiger partial charge is 0.207 e. The van der Waals surface area contributed by atoms with Gasteiger partial charge in [0.05, 0.1) is 4.90 Å². The topological polar surface area (TPSA) is 37.4 Å². The van der Waals surface area contributed by atoms with Gasteiger partial charge in [0.25, 0.3) is 0 Å². The lowest BCUT2D eigenvalue weighted by Gasteiger charge is -2.17.